The molecule has 0 aliphatic carbocycles. The van der Waals surface area contributed by atoms with Crippen LogP contribution >= 0.6 is 11.6 Å². The molecule has 2 aliphatic rings. The number of pyridine rings is 1. The van der Waals surface area contributed by atoms with E-state index < -0.39 is 5.60 Å². The average molecular weight is 488 g/mol. The molecule has 0 saturated carbocycles. The molecule has 8 heteroatoms. The standard InChI is InChI=1S/C26H34ClN3O4/c1-19-12-23(13-20(2)25(19)27)33-18-26(14-24(32)30-8-5-22(31)6-9-30)17-29(10-11-34-26)16-21-4-3-7-28-15-21/h3-4,7,12-13,15,22,31H,5-6,8-11,14,16-18H2,1-2H3/t26-/m1/s1. The third kappa shape index (κ3) is 6.27. The van der Waals surface area contributed by atoms with E-state index >= 15 is 0 Å². The van der Waals surface area contributed by atoms with Crippen molar-refractivity contribution in [2.45, 2.75) is 51.4 Å². The molecule has 7 nitrogen and oxygen atoms in total. The van der Waals surface area contributed by atoms with E-state index in [1.165, 1.54) is 0 Å². The molecule has 1 N–H and O–H groups in total. The molecule has 0 spiro atoms. The minimum atomic E-state index is -0.769. The smallest absolute Gasteiger partial charge is 0.225 e. The number of aromatic nitrogens is 1. The number of benzene rings is 1. The number of hydrogen-bond donors (Lipinski definition) is 1. The van der Waals surface area contributed by atoms with Gasteiger partial charge in [-0.15, -0.1) is 0 Å². The zero-order valence-electron chi connectivity index (χ0n) is 20.0. The Morgan fingerprint density at radius 3 is 2.68 bits per heavy atom. The summed E-state index contributed by atoms with van der Waals surface area (Å²) in [6.45, 7) is 7.95. The molecule has 2 aromatic rings. The number of amides is 1. The van der Waals surface area contributed by atoms with Gasteiger partial charge in [-0.3, -0.25) is 14.7 Å². The monoisotopic (exact) mass is 487 g/mol. The number of nitrogens with zero attached hydrogens (tertiary/aromatic N) is 3. The maximum absolute atomic E-state index is 13.3. The van der Waals surface area contributed by atoms with E-state index in [-0.39, 0.29) is 25.0 Å². The van der Waals surface area contributed by atoms with Crippen molar-refractivity contribution in [1.29, 1.82) is 0 Å². The summed E-state index contributed by atoms with van der Waals surface area (Å²) >= 11 is 6.33. The second kappa shape index (κ2) is 11.0. The van der Waals surface area contributed by atoms with Crippen LogP contribution in [0, 0.1) is 13.8 Å². The number of piperidine rings is 1. The van der Waals surface area contributed by atoms with Crippen molar-refractivity contribution in [2.75, 3.05) is 39.4 Å². The molecule has 2 aliphatic heterocycles. The summed E-state index contributed by atoms with van der Waals surface area (Å²) in [4.78, 5) is 21.6. The molecule has 4 rings (SSSR count). The number of halogens is 1. The molecule has 1 aromatic heterocycles. The second-order valence-electron chi connectivity index (χ2n) is 9.55. The molecule has 0 bridgehead atoms. The topological polar surface area (TPSA) is 75.1 Å². The van der Waals surface area contributed by atoms with Crippen LogP contribution in [0.5, 0.6) is 5.75 Å². The van der Waals surface area contributed by atoms with Gasteiger partial charge >= 0.3 is 0 Å². The predicted octanol–water partition coefficient (Wildman–Crippen LogP) is 3.38. The molecule has 3 heterocycles. The third-order valence-electron chi connectivity index (χ3n) is 6.66. The molecule has 1 amide bonds. The Labute approximate surface area is 206 Å². The minimum absolute atomic E-state index is 0.0437. The highest BCUT2D eigenvalue weighted by Gasteiger charge is 2.41. The Morgan fingerprint density at radius 1 is 1.26 bits per heavy atom. The van der Waals surface area contributed by atoms with Crippen LogP contribution in [0.2, 0.25) is 5.02 Å². The second-order valence-corrected chi connectivity index (χ2v) is 9.93. The van der Waals surface area contributed by atoms with Gasteiger partial charge in [-0.1, -0.05) is 17.7 Å². The number of likely N-dealkylation sites (tertiary alicyclic amines) is 1. The van der Waals surface area contributed by atoms with Gasteiger partial charge in [0.2, 0.25) is 5.91 Å². The van der Waals surface area contributed by atoms with Crippen molar-refractivity contribution < 1.29 is 19.4 Å². The van der Waals surface area contributed by atoms with Gasteiger partial charge in [-0.05, 0) is 61.6 Å². The molecule has 184 valence electrons. The highest BCUT2D eigenvalue weighted by Crippen LogP contribution is 2.30. The molecule has 1 aromatic carbocycles. The van der Waals surface area contributed by atoms with Crippen molar-refractivity contribution in [3.8, 4) is 5.75 Å². The summed E-state index contributed by atoms with van der Waals surface area (Å²) < 4.78 is 12.6. The fourth-order valence-electron chi connectivity index (χ4n) is 4.76. The quantitative estimate of drug-likeness (QED) is 0.645. The van der Waals surface area contributed by atoms with Crippen molar-refractivity contribution in [3.63, 3.8) is 0 Å². The van der Waals surface area contributed by atoms with E-state index in [4.69, 9.17) is 21.1 Å². The van der Waals surface area contributed by atoms with E-state index in [2.05, 4.69) is 16.0 Å². The van der Waals surface area contributed by atoms with Gasteiger partial charge < -0.3 is 19.5 Å². The number of aryl methyl sites for hydroxylation is 2. The van der Waals surface area contributed by atoms with Crippen LogP contribution in [-0.4, -0.2) is 76.9 Å². The summed E-state index contributed by atoms with van der Waals surface area (Å²) in [5, 5.41) is 10.6. The first-order chi connectivity index (χ1) is 16.3. The average Bonchev–Trinajstić information content (AvgIpc) is 2.82. The highest BCUT2D eigenvalue weighted by atomic mass is 35.5. The Kier molecular flexibility index (Phi) is 8.09. The molecule has 0 unspecified atom stereocenters. The van der Waals surface area contributed by atoms with E-state index in [0.717, 1.165) is 40.6 Å². The van der Waals surface area contributed by atoms with Gasteiger partial charge in [0.15, 0.2) is 0 Å². The van der Waals surface area contributed by atoms with Gasteiger partial charge in [-0.25, -0.2) is 0 Å². The van der Waals surface area contributed by atoms with Crippen LogP contribution in [0.4, 0.5) is 0 Å². The molecular formula is C26H34ClN3O4. The summed E-state index contributed by atoms with van der Waals surface area (Å²) in [7, 11) is 0. The number of hydrogen-bond acceptors (Lipinski definition) is 6. The number of ether oxygens (including phenoxy) is 2. The molecule has 2 fully saturated rings. The Balaban J connectivity index is 1.50. The number of rotatable bonds is 7. The van der Waals surface area contributed by atoms with Crippen LogP contribution in [0.1, 0.15) is 36.0 Å². The first kappa shape index (κ1) is 24.9. The fourth-order valence-corrected chi connectivity index (χ4v) is 4.87. The van der Waals surface area contributed by atoms with Crippen LogP contribution in [0.25, 0.3) is 0 Å². The van der Waals surface area contributed by atoms with Gasteiger partial charge in [0.1, 0.15) is 18.0 Å². The Bertz CT molecular complexity index is 958. The lowest BCUT2D eigenvalue weighted by Crippen LogP contribution is -2.57. The SMILES string of the molecule is Cc1cc(OC[C@@]2(CC(=O)N3CCC(O)CC3)CN(Cc3cccnc3)CCO2)cc(C)c1Cl. The molecule has 34 heavy (non-hydrogen) atoms. The molecule has 1 atom stereocenters. The first-order valence-corrected chi connectivity index (χ1v) is 12.3. The van der Waals surface area contributed by atoms with Crippen LogP contribution < -0.4 is 4.74 Å². The van der Waals surface area contributed by atoms with Gasteiger partial charge in [-0.2, -0.15) is 0 Å². The first-order valence-electron chi connectivity index (χ1n) is 11.9. The zero-order chi connectivity index (χ0) is 24.1. The summed E-state index contributed by atoms with van der Waals surface area (Å²) in [5.74, 6) is 0.766. The summed E-state index contributed by atoms with van der Waals surface area (Å²) in [5.41, 5.74) is 2.27. The number of aliphatic hydroxyl groups excluding tert-OH is 1. The maximum Gasteiger partial charge on any atom is 0.225 e. The maximum atomic E-state index is 13.3. The van der Waals surface area contributed by atoms with Crippen LogP contribution in [0.15, 0.2) is 36.7 Å². The summed E-state index contributed by atoms with van der Waals surface area (Å²) in [6.07, 6.45) is 4.79. The van der Waals surface area contributed by atoms with Gasteiger partial charge in [0.05, 0.1) is 19.1 Å². The van der Waals surface area contributed by atoms with Crippen molar-refractivity contribution in [3.05, 3.63) is 58.4 Å². The fraction of sp³-hybridized carbons (Fsp3) is 0.538. The molecular weight excluding hydrogens is 454 g/mol. The lowest BCUT2D eigenvalue weighted by molar-refractivity contribution is -0.158. The number of carbonyl (C=O) groups excluding carboxylic acids is 1. The number of aliphatic hydroxyl groups is 1. The predicted molar refractivity (Wildman–Crippen MR) is 131 cm³/mol. The van der Waals surface area contributed by atoms with Crippen molar-refractivity contribution in [2.24, 2.45) is 0 Å². The highest BCUT2D eigenvalue weighted by molar-refractivity contribution is 6.32. The zero-order valence-corrected chi connectivity index (χ0v) is 20.8. The van der Waals surface area contributed by atoms with Crippen molar-refractivity contribution >= 4 is 17.5 Å². The Hall–Kier alpha value is -2.19. The number of morpholine rings is 1. The largest absolute Gasteiger partial charge is 0.490 e. The van der Waals surface area contributed by atoms with E-state index in [1.807, 2.05) is 43.1 Å². The lowest BCUT2D eigenvalue weighted by atomic mass is 9.95. The summed E-state index contributed by atoms with van der Waals surface area (Å²) in [6, 6.07) is 7.84. The van der Waals surface area contributed by atoms with E-state index in [9.17, 15) is 9.90 Å². The van der Waals surface area contributed by atoms with Crippen LogP contribution in [-0.2, 0) is 16.1 Å². The van der Waals surface area contributed by atoms with Gasteiger partial charge in [0.25, 0.3) is 0 Å². The van der Waals surface area contributed by atoms with Crippen LogP contribution in [0.3, 0.4) is 0 Å². The van der Waals surface area contributed by atoms with E-state index in [1.54, 1.807) is 6.20 Å². The number of carbonyl (C=O) groups is 1. The van der Waals surface area contributed by atoms with Gasteiger partial charge in [0, 0.05) is 50.1 Å². The molecule has 0 radical (unpaired) electrons. The lowest BCUT2D eigenvalue weighted by Gasteiger charge is -2.43. The molecule has 2 saturated heterocycles. The normalized spacial score (nSPS) is 22.1. The third-order valence-corrected chi connectivity index (χ3v) is 7.26. The Morgan fingerprint density at radius 2 is 2.00 bits per heavy atom. The van der Waals surface area contributed by atoms with Crippen molar-refractivity contribution in [1.82, 2.24) is 14.8 Å². The minimum Gasteiger partial charge on any atom is -0.490 e. The van der Waals surface area contributed by atoms with E-state index in [0.29, 0.717) is 39.1 Å².